The van der Waals surface area contributed by atoms with E-state index in [4.69, 9.17) is 16.3 Å². The topological polar surface area (TPSA) is 75.7 Å². The molecule has 160 valence electrons. The van der Waals surface area contributed by atoms with Gasteiger partial charge in [-0.2, -0.15) is 0 Å². The molecule has 1 heterocycles. The van der Waals surface area contributed by atoms with E-state index < -0.39 is 23.6 Å². The first kappa shape index (κ1) is 21.7. The van der Waals surface area contributed by atoms with E-state index in [1.165, 1.54) is 0 Å². The summed E-state index contributed by atoms with van der Waals surface area (Å²) in [4.78, 5) is 38.6. The molecule has 0 spiro atoms. The lowest BCUT2D eigenvalue weighted by molar-refractivity contribution is -0.127. The van der Waals surface area contributed by atoms with E-state index in [0.29, 0.717) is 27.8 Å². The number of thioether (sulfide) groups is 1. The second-order valence-corrected chi connectivity index (χ2v) is 8.18. The van der Waals surface area contributed by atoms with E-state index >= 15 is 0 Å². The van der Waals surface area contributed by atoms with Crippen LogP contribution < -0.4 is 10.1 Å². The number of ether oxygens (including phenoxy) is 1. The maximum Gasteiger partial charge on any atom is 0.294 e. The minimum Gasteiger partial charge on any atom is -0.457 e. The molecule has 0 atom stereocenters. The third-order valence-corrected chi connectivity index (χ3v) is 5.69. The Morgan fingerprint density at radius 2 is 1.69 bits per heavy atom. The molecular formula is C24H17ClN2O4S. The quantitative estimate of drug-likeness (QED) is 0.466. The molecule has 0 bridgehead atoms. The van der Waals surface area contributed by atoms with Crippen LogP contribution in [0.3, 0.4) is 0 Å². The SMILES string of the molecule is O=C(CN1C(=O)S/C(=C/c2cccc(Oc3ccccc3)c2)C1=O)Nc1ccccc1Cl. The standard InChI is InChI=1S/C24H17ClN2O4S/c25-19-11-4-5-12-20(19)26-22(28)15-27-23(29)21(32-24(27)30)14-16-7-6-10-18(13-16)31-17-8-2-1-3-9-17/h1-14H,15H2,(H,26,28)/b21-14+. The van der Waals surface area contributed by atoms with Crippen molar-refractivity contribution in [1.29, 1.82) is 0 Å². The molecule has 32 heavy (non-hydrogen) atoms. The molecule has 3 amide bonds. The fourth-order valence-electron chi connectivity index (χ4n) is 2.98. The Labute approximate surface area is 193 Å². The second-order valence-electron chi connectivity index (χ2n) is 6.78. The van der Waals surface area contributed by atoms with Crippen LogP contribution in [-0.4, -0.2) is 28.5 Å². The minimum absolute atomic E-state index is 0.234. The normalized spacial score (nSPS) is 14.7. The molecule has 0 aliphatic carbocycles. The molecule has 3 aromatic carbocycles. The number of benzene rings is 3. The molecule has 1 aliphatic rings. The van der Waals surface area contributed by atoms with Crippen LogP contribution in [0.1, 0.15) is 5.56 Å². The number of halogens is 1. The first-order valence-corrected chi connectivity index (χ1v) is 10.8. The number of rotatable bonds is 6. The molecule has 1 N–H and O–H groups in total. The molecule has 0 aromatic heterocycles. The van der Waals surface area contributed by atoms with Crippen molar-refractivity contribution < 1.29 is 19.1 Å². The fourth-order valence-corrected chi connectivity index (χ4v) is 4.00. The van der Waals surface area contributed by atoms with E-state index in [-0.39, 0.29) is 4.91 Å². The molecule has 1 aliphatic heterocycles. The monoisotopic (exact) mass is 464 g/mol. The Balaban J connectivity index is 1.45. The van der Waals surface area contributed by atoms with E-state index in [1.807, 2.05) is 30.3 Å². The van der Waals surface area contributed by atoms with Gasteiger partial charge in [0.25, 0.3) is 11.1 Å². The third-order valence-electron chi connectivity index (χ3n) is 4.46. The Morgan fingerprint density at radius 3 is 2.47 bits per heavy atom. The molecule has 0 saturated carbocycles. The van der Waals surface area contributed by atoms with E-state index in [1.54, 1.807) is 54.6 Å². The molecule has 1 fully saturated rings. The summed E-state index contributed by atoms with van der Waals surface area (Å²) in [6.07, 6.45) is 1.61. The van der Waals surface area contributed by atoms with Crippen LogP contribution in [0, 0.1) is 0 Å². The zero-order valence-electron chi connectivity index (χ0n) is 16.7. The summed E-state index contributed by atoms with van der Waals surface area (Å²) in [5.74, 6) is 0.251. The van der Waals surface area contributed by atoms with Crippen molar-refractivity contribution in [2.75, 3.05) is 11.9 Å². The van der Waals surface area contributed by atoms with Gasteiger partial charge in [0.05, 0.1) is 15.6 Å². The van der Waals surface area contributed by atoms with Gasteiger partial charge >= 0.3 is 0 Å². The summed E-state index contributed by atoms with van der Waals surface area (Å²) >= 11 is 6.82. The van der Waals surface area contributed by atoms with Crippen LogP contribution >= 0.6 is 23.4 Å². The lowest BCUT2D eigenvalue weighted by atomic mass is 10.2. The number of carbonyl (C=O) groups is 3. The molecule has 4 rings (SSSR count). The smallest absolute Gasteiger partial charge is 0.294 e. The van der Waals surface area contributed by atoms with Crippen molar-refractivity contribution >= 4 is 52.2 Å². The van der Waals surface area contributed by atoms with Gasteiger partial charge in [-0.15, -0.1) is 0 Å². The molecule has 6 nitrogen and oxygen atoms in total. The Bertz CT molecular complexity index is 1210. The van der Waals surface area contributed by atoms with Gasteiger partial charge in [-0.05, 0) is 59.8 Å². The molecule has 0 radical (unpaired) electrons. The van der Waals surface area contributed by atoms with Crippen molar-refractivity contribution in [2.45, 2.75) is 0 Å². The van der Waals surface area contributed by atoms with Gasteiger partial charge < -0.3 is 10.1 Å². The summed E-state index contributed by atoms with van der Waals surface area (Å²) in [5, 5.41) is 2.47. The van der Waals surface area contributed by atoms with Crippen LogP contribution in [-0.2, 0) is 9.59 Å². The van der Waals surface area contributed by atoms with Gasteiger partial charge in [0, 0.05) is 0 Å². The maximum absolute atomic E-state index is 12.7. The lowest BCUT2D eigenvalue weighted by Gasteiger charge is -2.13. The molecular weight excluding hydrogens is 448 g/mol. The van der Waals surface area contributed by atoms with Crippen LogP contribution in [0.2, 0.25) is 5.02 Å². The van der Waals surface area contributed by atoms with Gasteiger partial charge in [-0.3, -0.25) is 19.3 Å². The predicted octanol–water partition coefficient (Wildman–Crippen LogP) is 5.81. The summed E-state index contributed by atoms with van der Waals surface area (Å²) in [5.41, 5.74) is 1.11. The van der Waals surface area contributed by atoms with Crippen LogP contribution in [0.4, 0.5) is 10.5 Å². The highest BCUT2D eigenvalue weighted by Crippen LogP contribution is 2.33. The van der Waals surface area contributed by atoms with E-state index in [0.717, 1.165) is 16.7 Å². The number of para-hydroxylation sites is 2. The van der Waals surface area contributed by atoms with Crippen LogP contribution in [0.15, 0.2) is 83.8 Å². The van der Waals surface area contributed by atoms with E-state index in [2.05, 4.69) is 5.32 Å². The molecule has 8 heteroatoms. The summed E-state index contributed by atoms with van der Waals surface area (Å²) in [6, 6.07) is 23.2. The second kappa shape index (κ2) is 9.72. The van der Waals surface area contributed by atoms with Crippen molar-refractivity contribution in [3.8, 4) is 11.5 Å². The first-order chi connectivity index (χ1) is 15.5. The lowest BCUT2D eigenvalue weighted by Crippen LogP contribution is -2.36. The van der Waals surface area contributed by atoms with E-state index in [9.17, 15) is 14.4 Å². The number of carbonyl (C=O) groups excluding carboxylic acids is 3. The number of imide groups is 1. The van der Waals surface area contributed by atoms with Gasteiger partial charge in [-0.1, -0.05) is 54.1 Å². The van der Waals surface area contributed by atoms with Crippen molar-refractivity contribution in [3.63, 3.8) is 0 Å². The predicted molar refractivity (Wildman–Crippen MR) is 126 cm³/mol. The first-order valence-electron chi connectivity index (χ1n) is 9.62. The van der Waals surface area contributed by atoms with Gasteiger partial charge in [0.2, 0.25) is 5.91 Å². The van der Waals surface area contributed by atoms with Gasteiger partial charge in [-0.25, -0.2) is 0 Å². The van der Waals surface area contributed by atoms with Crippen molar-refractivity contribution in [3.05, 3.63) is 94.4 Å². The average Bonchev–Trinajstić information content (AvgIpc) is 3.03. The summed E-state index contributed by atoms with van der Waals surface area (Å²) < 4.78 is 5.81. The summed E-state index contributed by atoms with van der Waals surface area (Å²) in [7, 11) is 0. The number of anilines is 1. The Morgan fingerprint density at radius 1 is 0.969 bits per heavy atom. The average molecular weight is 465 g/mol. The Kier molecular flexibility index (Phi) is 6.58. The third kappa shape index (κ3) is 5.19. The van der Waals surface area contributed by atoms with Crippen LogP contribution in [0.25, 0.3) is 6.08 Å². The number of nitrogens with one attached hydrogen (secondary N) is 1. The maximum atomic E-state index is 12.7. The summed E-state index contributed by atoms with van der Waals surface area (Å²) in [6.45, 7) is -0.398. The van der Waals surface area contributed by atoms with Crippen LogP contribution in [0.5, 0.6) is 11.5 Å². The minimum atomic E-state index is -0.524. The zero-order valence-corrected chi connectivity index (χ0v) is 18.2. The number of nitrogens with zero attached hydrogens (tertiary/aromatic N) is 1. The largest absolute Gasteiger partial charge is 0.457 e. The Hall–Kier alpha value is -3.55. The highest BCUT2D eigenvalue weighted by molar-refractivity contribution is 8.18. The fraction of sp³-hybridized carbons (Fsp3) is 0.0417. The van der Waals surface area contributed by atoms with Crippen molar-refractivity contribution in [1.82, 2.24) is 4.90 Å². The molecule has 0 unspecified atom stereocenters. The zero-order chi connectivity index (χ0) is 22.5. The molecule has 1 saturated heterocycles. The number of hydrogen-bond acceptors (Lipinski definition) is 5. The van der Waals surface area contributed by atoms with Crippen molar-refractivity contribution in [2.24, 2.45) is 0 Å². The van der Waals surface area contributed by atoms with Gasteiger partial charge in [0.1, 0.15) is 18.0 Å². The highest BCUT2D eigenvalue weighted by atomic mass is 35.5. The van der Waals surface area contributed by atoms with Gasteiger partial charge in [0.15, 0.2) is 0 Å². The highest BCUT2D eigenvalue weighted by Gasteiger charge is 2.36. The molecule has 3 aromatic rings. The number of amides is 3. The number of hydrogen-bond donors (Lipinski definition) is 1.